The normalized spacial score (nSPS) is 23.2. The first kappa shape index (κ1) is 22.0. The maximum absolute atomic E-state index is 14.5. The van der Waals surface area contributed by atoms with Crippen molar-refractivity contribution >= 4 is 27.2 Å². The zero-order valence-electron chi connectivity index (χ0n) is 18.1. The lowest BCUT2D eigenvalue weighted by Gasteiger charge is -2.40. The second kappa shape index (κ2) is 8.70. The monoisotopic (exact) mass is 448 g/mol. The van der Waals surface area contributed by atoms with Gasteiger partial charge in [0.1, 0.15) is 23.8 Å². The molecule has 9 heteroatoms. The Morgan fingerprint density at radius 3 is 2.55 bits per heavy atom. The molecule has 1 N–H and O–H groups in total. The molecule has 2 unspecified atom stereocenters. The van der Waals surface area contributed by atoms with Crippen molar-refractivity contribution in [3.8, 4) is 0 Å². The van der Waals surface area contributed by atoms with Gasteiger partial charge in [0, 0.05) is 37.1 Å². The third kappa shape index (κ3) is 4.52. The average molecular weight is 449 g/mol. The SMILES string of the molecule is CCOCC1CC2CCC(C1)N2c1ncnc(Nc2ccc(S(C)(=O)=O)cc2F)c1C. The van der Waals surface area contributed by atoms with Crippen LogP contribution in [-0.2, 0) is 14.6 Å². The minimum absolute atomic E-state index is 0.0536. The molecule has 3 heterocycles. The topological polar surface area (TPSA) is 84.4 Å². The Hall–Kier alpha value is -2.26. The van der Waals surface area contributed by atoms with Gasteiger partial charge in [-0.15, -0.1) is 0 Å². The molecule has 2 atom stereocenters. The fraction of sp³-hybridized carbons (Fsp3) is 0.545. The molecule has 0 amide bonds. The minimum atomic E-state index is -3.47. The lowest BCUT2D eigenvalue weighted by atomic mass is 9.91. The van der Waals surface area contributed by atoms with E-state index >= 15 is 0 Å². The molecule has 1 aromatic carbocycles. The molecule has 2 saturated heterocycles. The summed E-state index contributed by atoms with van der Waals surface area (Å²) in [6, 6.07) is 4.70. The summed E-state index contributed by atoms with van der Waals surface area (Å²) in [6.07, 6.45) is 7.01. The van der Waals surface area contributed by atoms with E-state index in [0.29, 0.717) is 23.8 Å². The minimum Gasteiger partial charge on any atom is -0.381 e. The van der Waals surface area contributed by atoms with Crippen molar-refractivity contribution in [3.63, 3.8) is 0 Å². The summed E-state index contributed by atoms with van der Waals surface area (Å²) in [5.41, 5.74) is 1.03. The van der Waals surface area contributed by atoms with Gasteiger partial charge in [-0.1, -0.05) is 0 Å². The van der Waals surface area contributed by atoms with Crippen molar-refractivity contribution in [3.05, 3.63) is 35.9 Å². The highest BCUT2D eigenvalue weighted by Crippen LogP contribution is 2.42. The number of piperidine rings is 1. The van der Waals surface area contributed by atoms with Crippen LogP contribution in [0.2, 0.25) is 0 Å². The molecule has 7 nitrogen and oxygen atoms in total. The van der Waals surface area contributed by atoms with Crippen LogP contribution in [0.25, 0.3) is 0 Å². The van der Waals surface area contributed by atoms with Crippen molar-refractivity contribution in [2.75, 3.05) is 29.7 Å². The van der Waals surface area contributed by atoms with Gasteiger partial charge in [0.25, 0.3) is 0 Å². The number of halogens is 1. The smallest absolute Gasteiger partial charge is 0.175 e. The van der Waals surface area contributed by atoms with E-state index in [0.717, 1.165) is 62.6 Å². The van der Waals surface area contributed by atoms with Crippen molar-refractivity contribution in [1.82, 2.24) is 9.97 Å². The maximum Gasteiger partial charge on any atom is 0.175 e. The Labute approximate surface area is 183 Å². The highest BCUT2D eigenvalue weighted by atomic mass is 32.2. The maximum atomic E-state index is 14.5. The summed E-state index contributed by atoms with van der Waals surface area (Å²) in [4.78, 5) is 11.2. The zero-order valence-corrected chi connectivity index (χ0v) is 19.0. The van der Waals surface area contributed by atoms with E-state index < -0.39 is 15.7 Å². The summed E-state index contributed by atoms with van der Waals surface area (Å²) in [5, 5.41) is 3.02. The van der Waals surface area contributed by atoms with Gasteiger partial charge >= 0.3 is 0 Å². The van der Waals surface area contributed by atoms with E-state index in [2.05, 4.69) is 20.2 Å². The first-order chi connectivity index (χ1) is 14.8. The Morgan fingerprint density at radius 2 is 1.94 bits per heavy atom. The Morgan fingerprint density at radius 1 is 1.23 bits per heavy atom. The van der Waals surface area contributed by atoms with Gasteiger partial charge in [0.15, 0.2) is 9.84 Å². The Kier molecular flexibility index (Phi) is 6.16. The highest BCUT2D eigenvalue weighted by molar-refractivity contribution is 7.90. The van der Waals surface area contributed by atoms with Gasteiger partial charge in [-0.05, 0) is 63.6 Å². The molecular weight excluding hydrogens is 419 g/mol. The van der Waals surface area contributed by atoms with Crippen LogP contribution in [-0.4, -0.2) is 49.9 Å². The highest BCUT2D eigenvalue weighted by Gasteiger charge is 2.42. The van der Waals surface area contributed by atoms with E-state index in [1.807, 2.05) is 13.8 Å². The van der Waals surface area contributed by atoms with Crippen LogP contribution in [0.3, 0.4) is 0 Å². The predicted octanol–water partition coefficient (Wildman–Crippen LogP) is 3.86. The Bertz CT molecular complexity index is 1050. The predicted molar refractivity (Wildman–Crippen MR) is 118 cm³/mol. The molecule has 2 fully saturated rings. The number of benzene rings is 1. The molecule has 1 aromatic heterocycles. The molecule has 0 radical (unpaired) electrons. The molecule has 31 heavy (non-hydrogen) atoms. The zero-order chi connectivity index (χ0) is 22.2. The van der Waals surface area contributed by atoms with Gasteiger partial charge < -0.3 is 15.0 Å². The molecule has 0 aliphatic carbocycles. The van der Waals surface area contributed by atoms with Crippen LogP contribution in [0.5, 0.6) is 0 Å². The Balaban J connectivity index is 1.56. The number of anilines is 3. The van der Waals surface area contributed by atoms with Crippen LogP contribution < -0.4 is 10.2 Å². The molecule has 4 rings (SSSR count). The van der Waals surface area contributed by atoms with Crippen LogP contribution >= 0.6 is 0 Å². The van der Waals surface area contributed by atoms with Crippen LogP contribution in [0, 0.1) is 18.7 Å². The first-order valence-corrected chi connectivity index (χ1v) is 12.6. The van der Waals surface area contributed by atoms with E-state index in [-0.39, 0.29) is 10.6 Å². The lowest BCUT2D eigenvalue weighted by molar-refractivity contribution is 0.0932. The molecule has 2 bridgehead atoms. The second-order valence-electron chi connectivity index (χ2n) is 8.50. The number of fused-ring (bicyclic) bond motifs is 2. The van der Waals surface area contributed by atoms with Crippen molar-refractivity contribution < 1.29 is 17.5 Å². The molecule has 0 spiro atoms. The van der Waals surface area contributed by atoms with Gasteiger partial charge in [0.2, 0.25) is 0 Å². The number of sulfone groups is 1. The fourth-order valence-corrected chi connectivity index (χ4v) is 5.47. The van der Waals surface area contributed by atoms with Gasteiger partial charge in [0.05, 0.1) is 10.6 Å². The summed E-state index contributed by atoms with van der Waals surface area (Å²) in [7, 11) is -3.47. The average Bonchev–Trinajstić information content (AvgIpc) is 2.98. The summed E-state index contributed by atoms with van der Waals surface area (Å²) in [6.45, 7) is 5.53. The quantitative estimate of drug-likeness (QED) is 0.689. The first-order valence-electron chi connectivity index (χ1n) is 10.7. The van der Waals surface area contributed by atoms with Crippen LogP contribution in [0.1, 0.15) is 38.2 Å². The third-order valence-electron chi connectivity index (χ3n) is 6.31. The van der Waals surface area contributed by atoms with E-state index in [1.165, 1.54) is 18.5 Å². The van der Waals surface area contributed by atoms with E-state index in [4.69, 9.17) is 4.74 Å². The summed E-state index contributed by atoms with van der Waals surface area (Å²) >= 11 is 0. The fourth-order valence-electron chi connectivity index (χ4n) is 4.84. The number of hydrogen-bond acceptors (Lipinski definition) is 7. The number of ether oxygens (including phenoxy) is 1. The van der Waals surface area contributed by atoms with Crippen molar-refractivity contribution in [1.29, 1.82) is 0 Å². The van der Waals surface area contributed by atoms with Crippen LogP contribution in [0.15, 0.2) is 29.4 Å². The molecule has 0 saturated carbocycles. The molecule has 2 aliphatic heterocycles. The van der Waals surface area contributed by atoms with E-state index in [9.17, 15) is 12.8 Å². The molecule has 2 aliphatic rings. The van der Waals surface area contributed by atoms with Crippen LogP contribution in [0.4, 0.5) is 21.7 Å². The summed E-state index contributed by atoms with van der Waals surface area (Å²) < 4.78 is 43.5. The lowest BCUT2D eigenvalue weighted by Crippen LogP contribution is -2.44. The van der Waals surface area contributed by atoms with Crippen molar-refractivity contribution in [2.24, 2.45) is 5.92 Å². The van der Waals surface area contributed by atoms with Gasteiger partial charge in [-0.3, -0.25) is 0 Å². The summed E-state index contributed by atoms with van der Waals surface area (Å²) in [5.74, 6) is 1.34. The second-order valence-corrected chi connectivity index (χ2v) is 10.5. The largest absolute Gasteiger partial charge is 0.381 e. The van der Waals surface area contributed by atoms with Crippen molar-refractivity contribution in [2.45, 2.75) is 56.5 Å². The van der Waals surface area contributed by atoms with Gasteiger partial charge in [-0.25, -0.2) is 22.8 Å². The standard InChI is InChI=1S/C22H29FN4O3S/c1-4-30-12-15-9-16-5-6-17(10-15)27(16)22-14(2)21(24-13-25-22)26-20-8-7-18(11-19(20)23)31(3,28)29/h7-8,11,13,15-17H,4-6,9-10,12H2,1-3H3,(H,24,25,26). The number of hydrogen-bond donors (Lipinski definition) is 1. The third-order valence-corrected chi connectivity index (χ3v) is 7.42. The molecule has 2 aromatic rings. The molecule has 168 valence electrons. The van der Waals surface area contributed by atoms with Gasteiger partial charge in [-0.2, -0.15) is 0 Å². The van der Waals surface area contributed by atoms with E-state index in [1.54, 1.807) is 0 Å². The number of rotatable bonds is 7. The number of nitrogens with zero attached hydrogens (tertiary/aromatic N) is 3. The molecular formula is C22H29FN4O3S. The number of nitrogens with one attached hydrogen (secondary N) is 1. The number of aromatic nitrogens is 2.